The zero-order chi connectivity index (χ0) is 13.7. The molecule has 2 rings (SSSR count). The van der Waals surface area contributed by atoms with Crippen LogP contribution in [0.15, 0.2) is 53.0 Å². The van der Waals surface area contributed by atoms with Crippen LogP contribution in [0, 0.1) is 6.92 Å². The summed E-state index contributed by atoms with van der Waals surface area (Å²) >= 11 is 3.46. The standard InChI is InChI=1S/C16H18BrNO/c1-12-5-7-14(8-6-12)16(10-18)19-11-13-3-2-4-15(17)9-13/h2-9,16H,10-11,18H2,1H3. The molecule has 0 amide bonds. The number of nitrogens with two attached hydrogens (primary N) is 1. The Hall–Kier alpha value is -1.16. The Morgan fingerprint density at radius 1 is 1.16 bits per heavy atom. The van der Waals surface area contributed by atoms with Crippen molar-refractivity contribution in [1.82, 2.24) is 0 Å². The molecule has 0 saturated heterocycles. The summed E-state index contributed by atoms with van der Waals surface area (Å²) in [5.74, 6) is 0. The van der Waals surface area contributed by atoms with E-state index in [0.717, 1.165) is 15.6 Å². The molecule has 2 N–H and O–H groups in total. The van der Waals surface area contributed by atoms with E-state index in [-0.39, 0.29) is 6.10 Å². The minimum atomic E-state index is -0.0559. The van der Waals surface area contributed by atoms with Crippen molar-refractivity contribution in [3.8, 4) is 0 Å². The van der Waals surface area contributed by atoms with Gasteiger partial charge in [0.1, 0.15) is 0 Å². The van der Waals surface area contributed by atoms with Gasteiger partial charge in [0.05, 0.1) is 12.7 Å². The van der Waals surface area contributed by atoms with E-state index in [1.807, 2.05) is 18.2 Å². The van der Waals surface area contributed by atoms with Gasteiger partial charge in [-0.3, -0.25) is 0 Å². The zero-order valence-corrected chi connectivity index (χ0v) is 12.6. The van der Waals surface area contributed by atoms with Gasteiger partial charge in [-0.15, -0.1) is 0 Å². The highest BCUT2D eigenvalue weighted by molar-refractivity contribution is 9.10. The summed E-state index contributed by atoms with van der Waals surface area (Å²) < 4.78 is 6.98. The molecule has 0 heterocycles. The molecule has 2 aromatic carbocycles. The molecule has 1 unspecified atom stereocenters. The lowest BCUT2D eigenvalue weighted by atomic mass is 10.1. The van der Waals surface area contributed by atoms with Crippen LogP contribution in [-0.4, -0.2) is 6.54 Å². The van der Waals surface area contributed by atoms with Crippen molar-refractivity contribution in [3.63, 3.8) is 0 Å². The summed E-state index contributed by atoms with van der Waals surface area (Å²) in [7, 11) is 0. The largest absolute Gasteiger partial charge is 0.368 e. The summed E-state index contributed by atoms with van der Waals surface area (Å²) in [5.41, 5.74) is 9.31. The third kappa shape index (κ3) is 4.16. The monoisotopic (exact) mass is 319 g/mol. The Labute approximate surface area is 122 Å². The van der Waals surface area contributed by atoms with Crippen LogP contribution in [0.25, 0.3) is 0 Å². The molecule has 0 saturated carbocycles. The molecule has 2 nitrogen and oxygen atoms in total. The number of halogens is 1. The van der Waals surface area contributed by atoms with Gasteiger partial charge >= 0.3 is 0 Å². The van der Waals surface area contributed by atoms with Crippen molar-refractivity contribution in [2.75, 3.05) is 6.54 Å². The molecular formula is C16H18BrNO. The molecule has 0 bridgehead atoms. The molecule has 0 aromatic heterocycles. The highest BCUT2D eigenvalue weighted by Crippen LogP contribution is 2.20. The summed E-state index contributed by atoms with van der Waals surface area (Å²) in [6, 6.07) is 16.4. The second kappa shape index (κ2) is 6.85. The molecule has 0 spiro atoms. The first-order valence-corrected chi connectivity index (χ1v) is 7.11. The molecule has 2 aromatic rings. The lowest BCUT2D eigenvalue weighted by Gasteiger charge is -2.17. The van der Waals surface area contributed by atoms with Crippen LogP contribution >= 0.6 is 15.9 Å². The summed E-state index contributed by atoms with van der Waals surface area (Å²) in [6.07, 6.45) is -0.0559. The Bertz CT molecular complexity index is 525. The number of hydrogen-bond acceptors (Lipinski definition) is 2. The van der Waals surface area contributed by atoms with Crippen LogP contribution in [0.4, 0.5) is 0 Å². The Kier molecular flexibility index (Phi) is 5.14. The van der Waals surface area contributed by atoms with E-state index in [2.05, 4.69) is 53.2 Å². The first-order chi connectivity index (χ1) is 9.19. The Morgan fingerprint density at radius 3 is 2.53 bits per heavy atom. The Morgan fingerprint density at radius 2 is 1.89 bits per heavy atom. The van der Waals surface area contributed by atoms with E-state index in [4.69, 9.17) is 10.5 Å². The maximum absolute atomic E-state index is 5.91. The predicted octanol–water partition coefficient (Wildman–Crippen LogP) is 3.97. The fraction of sp³-hybridized carbons (Fsp3) is 0.250. The molecule has 0 aliphatic carbocycles. The van der Waals surface area contributed by atoms with Gasteiger partial charge in [-0.25, -0.2) is 0 Å². The normalized spacial score (nSPS) is 12.4. The summed E-state index contributed by atoms with van der Waals surface area (Å²) in [6.45, 7) is 3.12. The van der Waals surface area contributed by atoms with Gasteiger partial charge in [0.15, 0.2) is 0 Å². The van der Waals surface area contributed by atoms with Gasteiger partial charge in [-0.1, -0.05) is 57.9 Å². The van der Waals surface area contributed by atoms with Gasteiger partial charge in [0, 0.05) is 11.0 Å². The van der Waals surface area contributed by atoms with E-state index < -0.39 is 0 Å². The van der Waals surface area contributed by atoms with Gasteiger partial charge in [0.25, 0.3) is 0 Å². The second-order valence-electron chi connectivity index (χ2n) is 4.58. The van der Waals surface area contributed by atoms with Crippen LogP contribution in [0.5, 0.6) is 0 Å². The molecule has 19 heavy (non-hydrogen) atoms. The van der Waals surface area contributed by atoms with Gasteiger partial charge in [-0.2, -0.15) is 0 Å². The molecular weight excluding hydrogens is 302 g/mol. The molecule has 0 aliphatic rings. The third-order valence-electron chi connectivity index (χ3n) is 3.00. The minimum absolute atomic E-state index is 0.0559. The van der Waals surface area contributed by atoms with Gasteiger partial charge in [-0.05, 0) is 30.2 Å². The van der Waals surface area contributed by atoms with Crippen LogP contribution in [0.2, 0.25) is 0 Å². The van der Waals surface area contributed by atoms with Crippen molar-refractivity contribution in [2.45, 2.75) is 19.6 Å². The maximum atomic E-state index is 5.91. The van der Waals surface area contributed by atoms with Crippen LogP contribution < -0.4 is 5.73 Å². The molecule has 0 aliphatic heterocycles. The number of rotatable bonds is 5. The lowest BCUT2D eigenvalue weighted by molar-refractivity contribution is 0.0456. The summed E-state index contributed by atoms with van der Waals surface area (Å²) in [5, 5.41) is 0. The van der Waals surface area contributed by atoms with Gasteiger partial charge in [0.2, 0.25) is 0 Å². The van der Waals surface area contributed by atoms with Crippen molar-refractivity contribution in [2.24, 2.45) is 5.73 Å². The van der Waals surface area contributed by atoms with Gasteiger partial charge < -0.3 is 10.5 Å². The van der Waals surface area contributed by atoms with Crippen molar-refractivity contribution in [3.05, 3.63) is 69.7 Å². The number of aryl methyl sites for hydroxylation is 1. The topological polar surface area (TPSA) is 35.2 Å². The highest BCUT2D eigenvalue weighted by Gasteiger charge is 2.10. The zero-order valence-electron chi connectivity index (χ0n) is 11.0. The van der Waals surface area contributed by atoms with Crippen LogP contribution in [0.1, 0.15) is 22.8 Å². The van der Waals surface area contributed by atoms with E-state index in [0.29, 0.717) is 13.2 Å². The lowest BCUT2D eigenvalue weighted by Crippen LogP contribution is -2.15. The number of ether oxygens (including phenoxy) is 1. The van der Waals surface area contributed by atoms with Crippen LogP contribution in [0.3, 0.4) is 0 Å². The van der Waals surface area contributed by atoms with E-state index >= 15 is 0 Å². The van der Waals surface area contributed by atoms with Crippen molar-refractivity contribution < 1.29 is 4.74 Å². The number of benzene rings is 2. The first-order valence-electron chi connectivity index (χ1n) is 6.31. The Balaban J connectivity index is 2.01. The van der Waals surface area contributed by atoms with E-state index in [1.165, 1.54) is 5.56 Å². The molecule has 0 fully saturated rings. The highest BCUT2D eigenvalue weighted by atomic mass is 79.9. The fourth-order valence-corrected chi connectivity index (χ4v) is 2.35. The molecule has 1 atom stereocenters. The SMILES string of the molecule is Cc1ccc(C(CN)OCc2cccc(Br)c2)cc1. The maximum Gasteiger partial charge on any atom is 0.0951 e. The average molecular weight is 320 g/mol. The first kappa shape index (κ1) is 14.3. The van der Waals surface area contributed by atoms with Crippen molar-refractivity contribution in [1.29, 1.82) is 0 Å². The smallest absolute Gasteiger partial charge is 0.0951 e. The van der Waals surface area contributed by atoms with Crippen LogP contribution in [-0.2, 0) is 11.3 Å². The predicted molar refractivity (Wildman–Crippen MR) is 81.9 cm³/mol. The quantitative estimate of drug-likeness (QED) is 0.904. The average Bonchev–Trinajstić information content (AvgIpc) is 2.41. The fourth-order valence-electron chi connectivity index (χ4n) is 1.91. The third-order valence-corrected chi connectivity index (χ3v) is 3.50. The van der Waals surface area contributed by atoms with E-state index in [9.17, 15) is 0 Å². The molecule has 100 valence electrons. The van der Waals surface area contributed by atoms with E-state index in [1.54, 1.807) is 0 Å². The second-order valence-corrected chi connectivity index (χ2v) is 5.49. The molecule has 0 radical (unpaired) electrons. The van der Waals surface area contributed by atoms with Crippen molar-refractivity contribution >= 4 is 15.9 Å². The molecule has 3 heteroatoms. The number of hydrogen-bond donors (Lipinski definition) is 1. The summed E-state index contributed by atoms with van der Waals surface area (Å²) in [4.78, 5) is 0. The minimum Gasteiger partial charge on any atom is -0.368 e.